The van der Waals surface area contributed by atoms with Crippen LogP contribution < -0.4 is 4.90 Å². The van der Waals surface area contributed by atoms with Crippen LogP contribution in [0.25, 0.3) is 0 Å². The first kappa shape index (κ1) is 18.3. The number of carbonyl (C=O) groups excluding carboxylic acids is 3. The highest BCUT2D eigenvalue weighted by Crippen LogP contribution is 2.27. The molecule has 134 valence electrons. The average molecular weight is 416 g/mol. The van der Waals surface area contributed by atoms with Crippen LogP contribution >= 0.6 is 15.9 Å². The number of Topliss-reactive ketones (excluding diaryl/α,β-unsaturated/α-hetero) is 1. The Hall–Kier alpha value is -2.47. The van der Waals surface area contributed by atoms with Gasteiger partial charge in [0.15, 0.2) is 12.4 Å². The molecule has 1 unspecified atom stereocenters. The topological polar surface area (TPSA) is 63.7 Å². The van der Waals surface area contributed by atoms with Crippen LogP contribution in [-0.2, 0) is 14.3 Å². The second kappa shape index (κ2) is 7.83. The van der Waals surface area contributed by atoms with Crippen molar-refractivity contribution in [1.29, 1.82) is 0 Å². The number of anilines is 1. The van der Waals surface area contributed by atoms with Gasteiger partial charge >= 0.3 is 5.97 Å². The fraction of sp³-hybridized carbons (Fsp3) is 0.250. The van der Waals surface area contributed by atoms with Crippen LogP contribution in [-0.4, -0.2) is 30.8 Å². The van der Waals surface area contributed by atoms with Crippen molar-refractivity contribution in [2.75, 3.05) is 18.1 Å². The first-order chi connectivity index (χ1) is 12.4. The highest BCUT2D eigenvalue weighted by Gasteiger charge is 2.36. The van der Waals surface area contributed by atoms with Crippen LogP contribution in [0.2, 0.25) is 0 Å². The Morgan fingerprint density at radius 3 is 2.42 bits per heavy atom. The van der Waals surface area contributed by atoms with Gasteiger partial charge in [0.1, 0.15) is 0 Å². The molecule has 0 aliphatic carbocycles. The van der Waals surface area contributed by atoms with Crippen molar-refractivity contribution in [3.8, 4) is 0 Å². The van der Waals surface area contributed by atoms with Crippen LogP contribution in [0.3, 0.4) is 0 Å². The van der Waals surface area contributed by atoms with Gasteiger partial charge in [-0.15, -0.1) is 0 Å². The third kappa shape index (κ3) is 4.19. The third-order valence-corrected chi connectivity index (χ3v) is 4.84. The molecule has 0 saturated carbocycles. The Morgan fingerprint density at radius 2 is 1.77 bits per heavy atom. The normalized spacial score (nSPS) is 16.6. The van der Waals surface area contributed by atoms with Gasteiger partial charge in [0, 0.05) is 28.7 Å². The van der Waals surface area contributed by atoms with Gasteiger partial charge in [-0.2, -0.15) is 0 Å². The summed E-state index contributed by atoms with van der Waals surface area (Å²) < 4.78 is 6.06. The number of ketones is 1. The van der Waals surface area contributed by atoms with Crippen LogP contribution in [0.1, 0.15) is 22.3 Å². The lowest BCUT2D eigenvalue weighted by Gasteiger charge is -2.16. The number of amides is 1. The lowest BCUT2D eigenvalue weighted by atomic mass is 10.1. The molecular weight excluding hydrogens is 398 g/mol. The Kier molecular flexibility index (Phi) is 5.52. The number of rotatable bonds is 5. The van der Waals surface area contributed by atoms with E-state index in [0.29, 0.717) is 5.56 Å². The van der Waals surface area contributed by atoms with Crippen molar-refractivity contribution in [2.24, 2.45) is 5.92 Å². The van der Waals surface area contributed by atoms with Crippen molar-refractivity contribution in [3.63, 3.8) is 0 Å². The zero-order valence-electron chi connectivity index (χ0n) is 14.3. The zero-order valence-corrected chi connectivity index (χ0v) is 15.9. The highest BCUT2D eigenvalue weighted by molar-refractivity contribution is 9.10. The maximum absolute atomic E-state index is 12.3. The summed E-state index contributed by atoms with van der Waals surface area (Å²) in [6.07, 6.45) is 0.0909. The summed E-state index contributed by atoms with van der Waals surface area (Å²) in [7, 11) is 0. The first-order valence-corrected chi connectivity index (χ1v) is 9.06. The van der Waals surface area contributed by atoms with Gasteiger partial charge in [-0.05, 0) is 31.2 Å². The smallest absolute Gasteiger partial charge is 0.311 e. The summed E-state index contributed by atoms with van der Waals surface area (Å²) in [5.74, 6) is -1.46. The van der Waals surface area contributed by atoms with Crippen LogP contribution in [0, 0.1) is 12.8 Å². The Bertz CT molecular complexity index is 830. The molecule has 26 heavy (non-hydrogen) atoms. The molecule has 2 aromatic rings. The van der Waals surface area contributed by atoms with Gasteiger partial charge in [0.25, 0.3) is 0 Å². The first-order valence-electron chi connectivity index (χ1n) is 8.26. The minimum atomic E-state index is -0.558. The lowest BCUT2D eigenvalue weighted by molar-refractivity contribution is -0.147. The lowest BCUT2D eigenvalue weighted by Crippen LogP contribution is -2.27. The maximum Gasteiger partial charge on any atom is 0.311 e. The number of benzene rings is 2. The molecule has 1 saturated heterocycles. The number of ether oxygens (including phenoxy) is 1. The van der Waals surface area contributed by atoms with Crippen LogP contribution in [0.15, 0.2) is 53.0 Å². The van der Waals surface area contributed by atoms with Gasteiger partial charge in [-0.25, -0.2) is 0 Å². The van der Waals surface area contributed by atoms with Crippen molar-refractivity contribution in [3.05, 3.63) is 64.1 Å². The predicted octanol–water partition coefficient (Wildman–Crippen LogP) is 3.54. The number of hydrogen-bond donors (Lipinski definition) is 0. The SMILES string of the molecule is Cc1ccc(C(=O)COC(=O)C2CC(=O)N(c3ccc(Br)cc3)C2)cc1. The Labute approximate surface area is 160 Å². The number of halogens is 1. The van der Waals surface area contributed by atoms with Crippen molar-refractivity contribution in [2.45, 2.75) is 13.3 Å². The van der Waals surface area contributed by atoms with E-state index in [2.05, 4.69) is 15.9 Å². The summed E-state index contributed by atoms with van der Waals surface area (Å²) in [6, 6.07) is 14.4. The van der Waals surface area contributed by atoms with Crippen LogP contribution in [0.5, 0.6) is 0 Å². The van der Waals surface area contributed by atoms with E-state index in [1.165, 1.54) is 0 Å². The third-order valence-electron chi connectivity index (χ3n) is 4.32. The molecule has 5 nitrogen and oxygen atoms in total. The average Bonchev–Trinajstić information content (AvgIpc) is 3.02. The Balaban J connectivity index is 1.57. The molecule has 6 heteroatoms. The van der Waals surface area contributed by atoms with Crippen molar-refractivity contribution in [1.82, 2.24) is 0 Å². The standard InChI is InChI=1S/C20H18BrNO4/c1-13-2-4-14(5-3-13)18(23)12-26-20(25)15-10-19(24)22(11-15)17-8-6-16(21)7-9-17/h2-9,15H,10-12H2,1H3. The number of hydrogen-bond acceptors (Lipinski definition) is 4. The predicted molar refractivity (Wildman–Crippen MR) is 101 cm³/mol. The molecule has 0 spiro atoms. The minimum absolute atomic E-state index is 0.0909. The van der Waals surface area contributed by atoms with Gasteiger partial charge < -0.3 is 9.64 Å². The summed E-state index contributed by atoms with van der Waals surface area (Å²) in [4.78, 5) is 38.1. The van der Waals surface area contributed by atoms with E-state index >= 15 is 0 Å². The van der Waals surface area contributed by atoms with Crippen LogP contribution in [0.4, 0.5) is 5.69 Å². The summed E-state index contributed by atoms with van der Waals surface area (Å²) >= 11 is 3.35. The zero-order chi connectivity index (χ0) is 18.7. The molecule has 3 rings (SSSR count). The number of carbonyl (C=O) groups is 3. The second-order valence-corrected chi connectivity index (χ2v) is 7.19. The Morgan fingerprint density at radius 1 is 1.12 bits per heavy atom. The molecule has 1 aliphatic rings. The maximum atomic E-state index is 12.3. The summed E-state index contributed by atoms with van der Waals surface area (Å²) in [5.41, 5.74) is 2.29. The van der Waals surface area contributed by atoms with E-state index in [4.69, 9.17) is 4.74 Å². The molecular formula is C20H18BrNO4. The summed E-state index contributed by atoms with van der Waals surface area (Å²) in [5, 5.41) is 0. The van der Waals surface area contributed by atoms with E-state index in [1.54, 1.807) is 17.0 Å². The van der Waals surface area contributed by atoms with Gasteiger partial charge in [-0.1, -0.05) is 45.8 Å². The second-order valence-electron chi connectivity index (χ2n) is 6.28. The molecule has 1 heterocycles. The van der Waals surface area contributed by atoms with Gasteiger partial charge in [0.2, 0.25) is 5.91 Å². The summed E-state index contributed by atoms with van der Waals surface area (Å²) in [6.45, 7) is 1.88. The quantitative estimate of drug-likeness (QED) is 0.553. The van der Waals surface area contributed by atoms with Crippen molar-refractivity contribution < 1.29 is 19.1 Å². The highest BCUT2D eigenvalue weighted by atomic mass is 79.9. The van der Waals surface area contributed by atoms with E-state index in [9.17, 15) is 14.4 Å². The van der Waals surface area contributed by atoms with Gasteiger partial charge in [-0.3, -0.25) is 14.4 Å². The molecule has 2 aromatic carbocycles. The molecule has 1 amide bonds. The number of esters is 1. The molecule has 1 fully saturated rings. The molecule has 0 radical (unpaired) electrons. The fourth-order valence-corrected chi connectivity index (χ4v) is 3.08. The number of nitrogens with zero attached hydrogens (tertiary/aromatic N) is 1. The monoisotopic (exact) mass is 415 g/mol. The van der Waals surface area contributed by atoms with Gasteiger partial charge in [0.05, 0.1) is 5.92 Å². The molecule has 0 N–H and O–H groups in total. The number of aryl methyl sites for hydroxylation is 1. The molecule has 1 atom stereocenters. The van der Waals surface area contributed by atoms with E-state index in [1.807, 2.05) is 43.3 Å². The van der Waals surface area contributed by atoms with E-state index in [0.717, 1.165) is 15.7 Å². The fourth-order valence-electron chi connectivity index (χ4n) is 2.81. The molecule has 0 aromatic heterocycles. The molecule has 0 bridgehead atoms. The van der Waals surface area contributed by atoms with E-state index < -0.39 is 11.9 Å². The van der Waals surface area contributed by atoms with E-state index in [-0.39, 0.29) is 31.3 Å². The minimum Gasteiger partial charge on any atom is -0.457 e. The van der Waals surface area contributed by atoms with Crippen molar-refractivity contribution >= 4 is 39.3 Å². The largest absolute Gasteiger partial charge is 0.457 e. The molecule has 1 aliphatic heterocycles.